The van der Waals surface area contributed by atoms with E-state index in [0.29, 0.717) is 12.2 Å². The molecule has 2 aromatic rings. The van der Waals surface area contributed by atoms with Crippen molar-refractivity contribution in [3.05, 3.63) is 71.0 Å². The van der Waals surface area contributed by atoms with Crippen LogP contribution >= 0.6 is 0 Å². The highest BCUT2D eigenvalue weighted by molar-refractivity contribution is 5.93. The third-order valence-electron chi connectivity index (χ3n) is 3.35. The Balaban J connectivity index is 2.16. The van der Waals surface area contributed by atoms with Crippen molar-refractivity contribution in [1.82, 2.24) is 0 Å². The zero-order valence-corrected chi connectivity index (χ0v) is 11.4. The molecule has 0 radical (unpaired) electrons. The SMILES string of the molecule is COC(=O)c1cc(F)c2c(c1)C(c1ccccc1)=CCO2. The lowest BCUT2D eigenvalue weighted by Crippen LogP contribution is -2.10. The highest BCUT2D eigenvalue weighted by atomic mass is 19.1. The van der Waals surface area contributed by atoms with Crippen molar-refractivity contribution in [3.63, 3.8) is 0 Å². The quantitative estimate of drug-likeness (QED) is 0.792. The Morgan fingerprint density at radius 1 is 1.24 bits per heavy atom. The monoisotopic (exact) mass is 284 g/mol. The Labute approximate surface area is 121 Å². The van der Waals surface area contributed by atoms with Gasteiger partial charge in [-0.05, 0) is 29.3 Å². The van der Waals surface area contributed by atoms with Crippen LogP contribution in [0.2, 0.25) is 0 Å². The first-order valence-corrected chi connectivity index (χ1v) is 6.51. The molecule has 0 fully saturated rings. The molecule has 0 aromatic heterocycles. The number of hydrogen-bond acceptors (Lipinski definition) is 3. The lowest BCUT2D eigenvalue weighted by atomic mass is 9.94. The summed E-state index contributed by atoms with van der Waals surface area (Å²) in [4.78, 5) is 11.6. The molecule has 0 aliphatic carbocycles. The van der Waals surface area contributed by atoms with Gasteiger partial charge in [0.2, 0.25) is 0 Å². The largest absolute Gasteiger partial charge is 0.486 e. The van der Waals surface area contributed by atoms with E-state index in [1.165, 1.54) is 7.11 Å². The maximum atomic E-state index is 14.2. The molecule has 1 aliphatic heterocycles. The predicted octanol–water partition coefficient (Wildman–Crippen LogP) is 3.44. The van der Waals surface area contributed by atoms with Crippen LogP contribution in [0.1, 0.15) is 21.5 Å². The van der Waals surface area contributed by atoms with Crippen LogP contribution in [-0.2, 0) is 4.74 Å². The minimum Gasteiger partial charge on any atom is -0.486 e. The molecule has 0 saturated carbocycles. The minimum absolute atomic E-state index is 0.168. The Hall–Kier alpha value is -2.62. The van der Waals surface area contributed by atoms with Gasteiger partial charge in [-0.2, -0.15) is 0 Å². The normalized spacial score (nSPS) is 13.0. The molecular formula is C17H13FO3. The first-order chi connectivity index (χ1) is 10.2. The third kappa shape index (κ3) is 2.40. The van der Waals surface area contributed by atoms with Gasteiger partial charge in [0.05, 0.1) is 12.7 Å². The molecule has 1 heterocycles. The van der Waals surface area contributed by atoms with Gasteiger partial charge in [-0.15, -0.1) is 0 Å². The van der Waals surface area contributed by atoms with Gasteiger partial charge >= 0.3 is 5.97 Å². The molecule has 0 saturated heterocycles. The maximum Gasteiger partial charge on any atom is 0.337 e. The minimum atomic E-state index is -0.574. The summed E-state index contributed by atoms with van der Waals surface area (Å²) in [6.45, 7) is 0.297. The van der Waals surface area contributed by atoms with Crippen molar-refractivity contribution >= 4 is 11.5 Å². The fourth-order valence-electron chi connectivity index (χ4n) is 2.39. The summed E-state index contributed by atoms with van der Waals surface area (Å²) in [5.74, 6) is -0.965. The maximum absolute atomic E-state index is 14.2. The number of ether oxygens (including phenoxy) is 2. The second-order valence-electron chi connectivity index (χ2n) is 4.62. The van der Waals surface area contributed by atoms with Gasteiger partial charge < -0.3 is 9.47 Å². The van der Waals surface area contributed by atoms with Gasteiger partial charge in [-0.25, -0.2) is 9.18 Å². The molecule has 106 valence electrons. The van der Waals surface area contributed by atoms with Crippen molar-refractivity contribution in [2.45, 2.75) is 0 Å². The topological polar surface area (TPSA) is 35.5 Å². The molecule has 3 nitrogen and oxygen atoms in total. The Morgan fingerprint density at radius 2 is 2.00 bits per heavy atom. The van der Waals surface area contributed by atoms with Crippen LogP contribution in [-0.4, -0.2) is 19.7 Å². The van der Waals surface area contributed by atoms with E-state index in [4.69, 9.17) is 4.74 Å². The lowest BCUT2D eigenvalue weighted by Gasteiger charge is -2.20. The average molecular weight is 284 g/mol. The zero-order valence-electron chi connectivity index (χ0n) is 11.4. The predicted molar refractivity (Wildman–Crippen MR) is 76.8 cm³/mol. The van der Waals surface area contributed by atoms with E-state index in [2.05, 4.69) is 4.74 Å². The Bertz CT molecular complexity index is 720. The standard InChI is InChI=1S/C17H13FO3/c1-20-17(19)12-9-14-13(11-5-3-2-4-6-11)7-8-21-16(14)15(18)10-12/h2-7,9-10H,8H2,1H3. The van der Waals surface area contributed by atoms with Crippen LogP contribution in [0.25, 0.3) is 5.57 Å². The summed E-state index contributed by atoms with van der Waals surface area (Å²) in [7, 11) is 1.27. The number of benzene rings is 2. The van der Waals surface area contributed by atoms with Crippen molar-refractivity contribution in [2.75, 3.05) is 13.7 Å². The van der Waals surface area contributed by atoms with E-state index < -0.39 is 11.8 Å². The van der Waals surface area contributed by atoms with Crippen LogP contribution in [0.5, 0.6) is 5.75 Å². The number of fused-ring (bicyclic) bond motifs is 1. The molecule has 0 atom stereocenters. The molecule has 0 spiro atoms. The van der Waals surface area contributed by atoms with Crippen molar-refractivity contribution < 1.29 is 18.7 Å². The number of hydrogen-bond donors (Lipinski definition) is 0. The molecule has 0 N–H and O–H groups in total. The van der Waals surface area contributed by atoms with Gasteiger partial charge in [0.25, 0.3) is 0 Å². The molecule has 4 heteroatoms. The molecule has 0 amide bonds. The van der Waals surface area contributed by atoms with Gasteiger partial charge in [-0.3, -0.25) is 0 Å². The average Bonchev–Trinajstić information content (AvgIpc) is 2.54. The molecule has 1 aliphatic rings. The second-order valence-corrected chi connectivity index (χ2v) is 4.62. The first kappa shape index (κ1) is 13.4. The first-order valence-electron chi connectivity index (χ1n) is 6.51. The molecule has 2 aromatic carbocycles. The summed E-state index contributed by atoms with van der Waals surface area (Å²) in [5.41, 5.74) is 2.53. The van der Waals surface area contributed by atoms with Crippen LogP contribution < -0.4 is 4.74 Å². The van der Waals surface area contributed by atoms with Crippen molar-refractivity contribution in [1.29, 1.82) is 0 Å². The molecule has 0 unspecified atom stereocenters. The van der Waals surface area contributed by atoms with Gasteiger partial charge in [0, 0.05) is 5.56 Å². The molecule has 3 rings (SSSR count). The lowest BCUT2D eigenvalue weighted by molar-refractivity contribution is 0.0600. The third-order valence-corrected chi connectivity index (χ3v) is 3.35. The van der Waals surface area contributed by atoms with Crippen LogP contribution in [0, 0.1) is 5.82 Å². The summed E-state index contributed by atoms with van der Waals surface area (Å²) >= 11 is 0. The second kappa shape index (κ2) is 5.40. The Morgan fingerprint density at radius 3 is 2.71 bits per heavy atom. The zero-order chi connectivity index (χ0) is 14.8. The molecule has 21 heavy (non-hydrogen) atoms. The van der Waals surface area contributed by atoms with Crippen molar-refractivity contribution in [3.8, 4) is 5.75 Å². The highest BCUT2D eigenvalue weighted by Gasteiger charge is 2.22. The molecular weight excluding hydrogens is 271 g/mol. The van der Waals surface area contributed by atoms with Crippen molar-refractivity contribution in [2.24, 2.45) is 0 Å². The highest BCUT2D eigenvalue weighted by Crippen LogP contribution is 2.37. The van der Waals surface area contributed by atoms with Gasteiger partial charge in [0.15, 0.2) is 11.6 Å². The van der Waals surface area contributed by atoms with E-state index in [1.807, 2.05) is 36.4 Å². The van der Waals surface area contributed by atoms with Crippen LogP contribution in [0.3, 0.4) is 0 Å². The van der Waals surface area contributed by atoms with E-state index in [9.17, 15) is 9.18 Å². The number of carbonyl (C=O) groups is 1. The van der Waals surface area contributed by atoms with E-state index in [-0.39, 0.29) is 11.3 Å². The Kier molecular flexibility index (Phi) is 3.44. The van der Waals surface area contributed by atoms with E-state index >= 15 is 0 Å². The smallest absolute Gasteiger partial charge is 0.337 e. The summed E-state index contributed by atoms with van der Waals surface area (Å²) in [5, 5.41) is 0. The number of carbonyl (C=O) groups excluding carboxylic acids is 1. The summed E-state index contributed by atoms with van der Waals surface area (Å²) in [6.07, 6.45) is 1.87. The fourth-order valence-corrected chi connectivity index (χ4v) is 2.39. The fraction of sp³-hybridized carbons (Fsp3) is 0.118. The van der Waals surface area contributed by atoms with Crippen LogP contribution in [0.4, 0.5) is 4.39 Å². The number of halogens is 1. The number of rotatable bonds is 2. The van der Waals surface area contributed by atoms with E-state index in [0.717, 1.165) is 17.2 Å². The van der Waals surface area contributed by atoms with E-state index in [1.54, 1.807) is 6.07 Å². The molecule has 0 bridgehead atoms. The summed E-state index contributed by atoms with van der Waals surface area (Å²) < 4.78 is 24.2. The number of esters is 1. The van der Waals surface area contributed by atoms with Gasteiger partial charge in [0.1, 0.15) is 6.61 Å². The summed E-state index contributed by atoms with van der Waals surface area (Å²) in [6, 6.07) is 12.3. The number of methoxy groups -OCH3 is 1. The van der Waals surface area contributed by atoms with Crippen LogP contribution in [0.15, 0.2) is 48.5 Å². The van der Waals surface area contributed by atoms with Gasteiger partial charge in [-0.1, -0.05) is 30.3 Å².